The van der Waals surface area contributed by atoms with Gasteiger partial charge in [-0.1, -0.05) is 0 Å². The molecule has 36 heavy (non-hydrogen) atoms. The van der Waals surface area contributed by atoms with Crippen molar-refractivity contribution in [3.8, 4) is 0 Å². The summed E-state index contributed by atoms with van der Waals surface area (Å²) in [6, 6.07) is 0. The molecule has 0 aromatic rings. The Labute approximate surface area is 210 Å². The molecular formula is H62B5N15O16. The van der Waals surface area contributed by atoms with Crippen LogP contribution in [0.15, 0.2) is 0 Å². The van der Waals surface area contributed by atoms with Crippen LogP contribution in [0.3, 0.4) is 0 Å². The van der Waals surface area contributed by atoms with Gasteiger partial charge in [-0.2, -0.15) is 0 Å². The van der Waals surface area contributed by atoms with Gasteiger partial charge in [0.05, 0.1) is 0 Å². The van der Waals surface area contributed by atoms with Gasteiger partial charge in [0.25, 0.3) is 0 Å². The second-order valence-corrected chi connectivity index (χ2v) is 1.73. The Balaban J connectivity index is -0.00000000370. The lowest BCUT2D eigenvalue weighted by Gasteiger charge is -1.69. The highest BCUT2D eigenvalue weighted by molar-refractivity contribution is 6.31. The molecule has 0 aliphatic carbocycles. The van der Waals surface area contributed by atoms with Gasteiger partial charge in [-0.3, -0.25) is 0 Å². The quantitative estimate of drug-likeness (QED) is 0.118. The molecule has 0 fully saturated rings. The summed E-state index contributed by atoms with van der Waals surface area (Å²) in [5.74, 6) is 0. The third kappa shape index (κ3) is 40700. The van der Waals surface area contributed by atoms with Crippen LogP contribution in [-0.4, -0.2) is 117 Å². The Morgan fingerprint density at radius 1 is 0.167 bits per heavy atom. The Morgan fingerprint density at radius 3 is 0.167 bits per heavy atom. The van der Waals surface area contributed by atoms with E-state index < -0.39 is 36.6 Å². The molecule has 0 bridgehead atoms. The van der Waals surface area contributed by atoms with Gasteiger partial charge in [0.15, 0.2) is 0 Å². The van der Waals surface area contributed by atoms with Gasteiger partial charge in [-0.15, -0.1) is 0 Å². The van der Waals surface area contributed by atoms with Crippen molar-refractivity contribution in [1.29, 1.82) is 0 Å². The van der Waals surface area contributed by atoms with E-state index in [2.05, 4.69) is 0 Å². The molecule has 0 aromatic heterocycles. The molecule has 0 rings (SSSR count). The van der Waals surface area contributed by atoms with E-state index in [0.29, 0.717) is 0 Å². The fourth-order valence-electron chi connectivity index (χ4n) is 0. The van der Waals surface area contributed by atoms with E-state index in [4.69, 9.17) is 75.4 Å². The lowest BCUT2D eigenvalue weighted by atomic mass is 10.3. The SMILES string of the molecule is N.N.N.N.N.N.N.N.N.N.N.N.N.N.N.O.OB(O)O.OB(O)O.OB(O)O.OB(O)O.OB(O)O. The molecule has 0 aromatic carbocycles. The van der Waals surface area contributed by atoms with Crippen LogP contribution in [0.4, 0.5) is 0 Å². The predicted octanol–water partition coefficient (Wildman–Crippen LogP) is -8.65. The monoisotopic (exact) mass is 583 g/mol. The molecule has 248 valence electrons. The third-order valence-electron chi connectivity index (χ3n) is 0. The highest BCUT2D eigenvalue weighted by Gasteiger charge is 1.94. The zero-order valence-corrected chi connectivity index (χ0v) is 20.7. The molecular weight excluding hydrogens is 520 g/mol. The van der Waals surface area contributed by atoms with Crippen molar-refractivity contribution in [2.24, 2.45) is 0 Å². The van der Waals surface area contributed by atoms with Crippen molar-refractivity contribution in [2.45, 2.75) is 0 Å². The summed E-state index contributed by atoms with van der Waals surface area (Å²) in [6.45, 7) is 0. The first-order valence-electron chi connectivity index (χ1n) is 3.87. The Kier molecular flexibility index (Phi) is 1070. The number of hydrogen-bond donors (Lipinski definition) is 30. The number of hydrogen-bond acceptors (Lipinski definition) is 30. The average Bonchev–Trinajstić information content (AvgIpc) is 1.94. The molecule has 31 nitrogen and oxygen atoms in total. The first-order valence-corrected chi connectivity index (χ1v) is 3.87. The largest absolute Gasteiger partial charge is 0.631 e. The molecule has 0 aliphatic heterocycles. The van der Waals surface area contributed by atoms with Crippen molar-refractivity contribution in [2.75, 3.05) is 0 Å². The minimum Gasteiger partial charge on any atom is -0.412 e. The minimum absolute atomic E-state index is 0. The highest BCUT2D eigenvalue weighted by Crippen LogP contribution is 1.41. The predicted molar refractivity (Wildman–Crippen MR) is 141 cm³/mol. The molecule has 0 unspecified atom stereocenters. The average molecular weight is 583 g/mol. The normalized spacial score (nSPS) is 3.75. The molecule has 0 saturated carbocycles. The summed E-state index contributed by atoms with van der Waals surface area (Å²) in [5, 5.41) is 108. The number of rotatable bonds is 0. The van der Waals surface area contributed by atoms with Crippen LogP contribution in [0.25, 0.3) is 0 Å². The van der Waals surface area contributed by atoms with Crippen LogP contribution >= 0.6 is 0 Å². The van der Waals surface area contributed by atoms with E-state index in [-0.39, 0.29) is 97.7 Å². The van der Waals surface area contributed by atoms with Gasteiger partial charge in [0.1, 0.15) is 0 Å². The summed E-state index contributed by atoms with van der Waals surface area (Å²) in [5.41, 5.74) is 0. The first kappa shape index (κ1) is 205. The van der Waals surface area contributed by atoms with Gasteiger partial charge >= 0.3 is 36.6 Å². The molecule has 0 saturated heterocycles. The smallest absolute Gasteiger partial charge is 0.412 e. The minimum atomic E-state index is -2.17. The maximum atomic E-state index is 7.17. The zero-order chi connectivity index (χ0) is 17.9. The van der Waals surface area contributed by atoms with Gasteiger partial charge in [0.2, 0.25) is 0 Å². The lowest BCUT2D eigenvalue weighted by Crippen LogP contribution is -2.07. The van der Waals surface area contributed by atoms with Crippen LogP contribution in [0.1, 0.15) is 0 Å². The molecule has 0 amide bonds. The first-order chi connectivity index (χ1) is 8.66. The Bertz CT molecular complexity index is 111. The van der Waals surface area contributed by atoms with Crippen molar-refractivity contribution < 1.29 is 80.8 Å². The van der Waals surface area contributed by atoms with Crippen molar-refractivity contribution >= 4 is 36.6 Å². The molecule has 0 heterocycles. The molecule has 62 N–H and O–H groups in total. The van der Waals surface area contributed by atoms with Crippen LogP contribution in [0.2, 0.25) is 0 Å². The summed E-state index contributed by atoms with van der Waals surface area (Å²) in [6.07, 6.45) is 0. The highest BCUT2D eigenvalue weighted by atomic mass is 16.5. The molecule has 0 aliphatic rings. The van der Waals surface area contributed by atoms with Gasteiger partial charge < -0.3 is 173 Å². The maximum Gasteiger partial charge on any atom is 0.631 e. The molecule has 0 spiro atoms. The Morgan fingerprint density at radius 2 is 0.167 bits per heavy atom. The second-order valence-electron chi connectivity index (χ2n) is 1.73. The van der Waals surface area contributed by atoms with Crippen LogP contribution in [-0.2, 0) is 0 Å². The van der Waals surface area contributed by atoms with Crippen molar-refractivity contribution in [1.82, 2.24) is 92.3 Å². The van der Waals surface area contributed by atoms with Crippen LogP contribution < -0.4 is 92.3 Å². The van der Waals surface area contributed by atoms with E-state index in [0.717, 1.165) is 0 Å². The van der Waals surface area contributed by atoms with Gasteiger partial charge in [-0.05, 0) is 0 Å². The molecule has 0 atom stereocenters. The lowest BCUT2D eigenvalue weighted by molar-refractivity contribution is 0.276. The summed E-state index contributed by atoms with van der Waals surface area (Å²) in [4.78, 5) is 0. The summed E-state index contributed by atoms with van der Waals surface area (Å²) in [7, 11) is -10.8. The van der Waals surface area contributed by atoms with E-state index in [1.807, 2.05) is 0 Å². The van der Waals surface area contributed by atoms with E-state index >= 15 is 0 Å². The molecule has 0 radical (unpaired) electrons. The molecule has 36 heteroatoms. The van der Waals surface area contributed by atoms with E-state index in [1.54, 1.807) is 0 Å². The third-order valence-corrected chi connectivity index (χ3v) is 0. The fourth-order valence-corrected chi connectivity index (χ4v) is 0. The van der Waals surface area contributed by atoms with Gasteiger partial charge in [0, 0.05) is 0 Å². The van der Waals surface area contributed by atoms with E-state index in [1.165, 1.54) is 0 Å². The zero-order valence-electron chi connectivity index (χ0n) is 20.7. The van der Waals surface area contributed by atoms with E-state index in [9.17, 15) is 0 Å². The second kappa shape index (κ2) is 188. The van der Waals surface area contributed by atoms with Crippen LogP contribution in [0.5, 0.6) is 0 Å². The fraction of sp³-hybridized carbons (Fsp3) is 0. The van der Waals surface area contributed by atoms with Crippen molar-refractivity contribution in [3.63, 3.8) is 0 Å². The summed E-state index contributed by atoms with van der Waals surface area (Å²) < 4.78 is 0. The topological polar surface area (TPSA) is 860 Å². The van der Waals surface area contributed by atoms with Crippen molar-refractivity contribution in [3.05, 3.63) is 0 Å². The standard InChI is InChI=1S/5BH3O3.15H3N.H2O/c5*2-1(3)4;;;;;;;;;;;;;;;;/h5*2-4H;15*1H3;1H2. The Hall–Kier alpha value is -0.915. The maximum absolute atomic E-state index is 7.17. The van der Waals surface area contributed by atoms with Gasteiger partial charge in [-0.25, -0.2) is 0 Å². The summed E-state index contributed by atoms with van der Waals surface area (Å²) >= 11 is 0. The van der Waals surface area contributed by atoms with Crippen LogP contribution in [0, 0.1) is 0 Å².